The maximum absolute atomic E-state index is 12.6. The number of carbonyl (C=O) groups is 4. The maximum Gasteiger partial charge on any atom is 0.508 e. The molecule has 37 heavy (non-hydrogen) atoms. The Morgan fingerprint density at radius 2 is 1.43 bits per heavy atom. The zero-order valence-electron chi connectivity index (χ0n) is 23.1. The molecule has 0 aliphatic rings. The van der Waals surface area contributed by atoms with E-state index in [4.69, 9.17) is 24.7 Å². The number of ether oxygens (including phenoxy) is 4. The Bertz CT molecular complexity index is 975. The highest BCUT2D eigenvalue weighted by atomic mass is 16.7. The number of rotatable bonds is 11. The zero-order chi connectivity index (χ0) is 28.6. The summed E-state index contributed by atoms with van der Waals surface area (Å²) < 4.78 is 20.8. The van der Waals surface area contributed by atoms with Crippen LogP contribution in [0.5, 0.6) is 11.5 Å². The summed E-state index contributed by atoms with van der Waals surface area (Å²) in [6.07, 6.45) is -1.92. The molecule has 2 atom stereocenters. The van der Waals surface area contributed by atoms with Crippen molar-refractivity contribution in [2.24, 2.45) is 16.6 Å². The van der Waals surface area contributed by atoms with Gasteiger partial charge in [0.05, 0.1) is 19.4 Å². The van der Waals surface area contributed by atoms with Crippen LogP contribution in [0.2, 0.25) is 0 Å². The van der Waals surface area contributed by atoms with Crippen LogP contribution in [-0.4, -0.2) is 47.4 Å². The number of hydrogen-bond donors (Lipinski definition) is 2. The fourth-order valence-corrected chi connectivity index (χ4v) is 3.48. The number of carboxylic acid groups (broad SMARTS) is 1. The van der Waals surface area contributed by atoms with Gasteiger partial charge in [-0.05, 0) is 42.4 Å². The molecular formula is C27H41NO9. The van der Waals surface area contributed by atoms with E-state index >= 15 is 0 Å². The normalized spacial score (nSPS) is 14.2. The van der Waals surface area contributed by atoms with Crippen molar-refractivity contribution < 1.29 is 43.2 Å². The summed E-state index contributed by atoms with van der Waals surface area (Å²) in [5.41, 5.74) is 4.16. The van der Waals surface area contributed by atoms with E-state index in [1.807, 2.05) is 41.5 Å². The summed E-state index contributed by atoms with van der Waals surface area (Å²) in [6, 6.07) is 4.42. The molecule has 0 saturated carbocycles. The molecule has 10 heteroatoms. The summed E-state index contributed by atoms with van der Waals surface area (Å²) >= 11 is 0. The molecule has 1 rings (SSSR count). The first-order chi connectivity index (χ1) is 16.8. The zero-order valence-corrected chi connectivity index (χ0v) is 23.1. The van der Waals surface area contributed by atoms with Crippen LogP contribution in [0.4, 0.5) is 4.79 Å². The monoisotopic (exact) mass is 523 g/mol. The number of benzene rings is 1. The average molecular weight is 524 g/mol. The molecule has 0 aliphatic heterocycles. The van der Waals surface area contributed by atoms with Crippen molar-refractivity contribution in [2.45, 2.75) is 92.7 Å². The van der Waals surface area contributed by atoms with E-state index in [1.165, 1.54) is 19.1 Å². The molecule has 1 unspecified atom stereocenters. The van der Waals surface area contributed by atoms with Gasteiger partial charge in [0, 0.05) is 12.8 Å². The van der Waals surface area contributed by atoms with Crippen molar-refractivity contribution >= 4 is 24.1 Å². The molecular weight excluding hydrogens is 482 g/mol. The third-order valence-corrected chi connectivity index (χ3v) is 4.96. The molecule has 0 bridgehead atoms. The minimum Gasteiger partial charge on any atom is -0.480 e. The van der Waals surface area contributed by atoms with Crippen LogP contribution in [-0.2, 0) is 30.3 Å². The van der Waals surface area contributed by atoms with Crippen LogP contribution in [0, 0.1) is 10.8 Å². The molecule has 3 N–H and O–H groups in total. The lowest BCUT2D eigenvalue weighted by Gasteiger charge is -2.28. The Labute approximate surface area is 218 Å². The van der Waals surface area contributed by atoms with Gasteiger partial charge in [-0.15, -0.1) is 0 Å². The molecule has 0 saturated heterocycles. The SMILES string of the molecule is CCOC(=O)O[C@@H](C)CC(N)(Cc1ccc(OC(=O)CC(C)(C)C)c(OC(=O)CC(C)(C)C)c1)C(=O)O. The molecule has 208 valence electrons. The van der Waals surface area contributed by atoms with Crippen LogP contribution in [0.15, 0.2) is 18.2 Å². The first-order valence-electron chi connectivity index (χ1n) is 12.2. The van der Waals surface area contributed by atoms with E-state index in [2.05, 4.69) is 0 Å². The highest BCUT2D eigenvalue weighted by Crippen LogP contribution is 2.33. The van der Waals surface area contributed by atoms with E-state index in [9.17, 15) is 24.3 Å². The Hall–Kier alpha value is -3.14. The van der Waals surface area contributed by atoms with Gasteiger partial charge in [0.1, 0.15) is 11.6 Å². The highest BCUT2D eigenvalue weighted by Gasteiger charge is 2.37. The molecule has 0 heterocycles. The van der Waals surface area contributed by atoms with Gasteiger partial charge in [0.25, 0.3) is 0 Å². The molecule has 0 aromatic heterocycles. The number of hydrogen-bond acceptors (Lipinski definition) is 9. The van der Waals surface area contributed by atoms with E-state index in [0.717, 1.165) is 0 Å². The fourth-order valence-electron chi connectivity index (χ4n) is 3.48. The van der Waals surface area contributed by atoms with Crippen molar-refractivity contribution in [3.8, 4) is 11.5 Å². The lowest BCUT2D eigenvalue weighted by atomic mass is 9.86. The minimum absolute atomic E-state index is 0.0161. The second kappa shape index (κ2) is 12.9. The maximum atomic E-state index is 12.6. The number of aliphatic carboxylic acids is 1. The topological polar surface area (TPSA) is 151 Å². The van der Waals surface area contributed by atoms with Crippen molar-refractivity contribution in [3.63, 3.8) is 0 Å². The number of carboxylic acids is 1. The molecule has 10 nitrogen and oxygen atoms in total. The predicted octanol–water partition coefficient (Wildman–Crippen LogP) is 4.65. The van der Waals surface area contributed by atoms with Gasteiger partial charge in [-0.2, -0.15) is 0 Å². The standard InChI is InChI=1S/C27H41NO9/c1-9-34-24(33)35-17(2)13-27(28,23(31)32)14-18-10-11-19(36-21(29)15-25(3,4)5)20(12-18)37-22(30)16-26(6,7)8/h10-12,17H,9,13-16,28H2,1-8H3,(H,31,32)/t17-,27?/m0/s1. The summed E-state index contributed by atoms with van der Waals surface area (Å²) in [5.74, 6) is -2.32. The third kappa shape index (κ3) is 12.1. The second-order valence-corrected chi connectivity index (χ2v) is 11.7. The summed E-state index contributed by atoms with van der Waals surface area (Å²) in [4.78, 5) is 48.7. The molecule has 1 aromatic rings. The lowest BCUT2D eigenvalue weighted by molar-refractivity contribution is -0.144. The Balaban J connectivity index is 3.25. The summed E-state index contributed by atoms with van der Waals surface area (Å²) in [6.45, 7) is 14.5. The average Bonchev–Trinajstić information content (AvgIpc) is 2.66. The van der Waals surface area contributed by atoms with Crippen LogP contribution in [0.25, 0.3) is 0 Å². The van der Waals surface area contributed by atoms with E-state index in [-0.39, 0.29) is 54.6 Å². The molecule has 0 amide bonds. The second-order valence-electron chi connectivity index (χ2n) is 11.7. The smallest absolute Gasteiger partial charge is 0.480 e. The lowest BCUT2D eigenvalue weighted by Crippen LogP contribution is -2.52. The van der Waals surface area contributed by atoms with Gasteiger partial charge in [0.2, 0.25) is 0 Å². The Kier molecular flexibility index (Phi) is 11.1. The number of nitrogens with two attached hydrogens (primary N) is 1. The Morgan fingerprint density at radius 3 is 1.89 bits per heavy atom. The van der Waals surface area contributed by atoms with Gasteiger partial charge in [-0.3, -0.25) is 14.4 Å². The number of esters is 2. The largest absolute Gasteiger partial charge is 0.508 e. The van der Waals surface area contributed by atoms with Crippen molar-refractivity contribution in [1.29, 1.82) is 0 Å². The molecule has 0 fully saturated rings. The molecule has 0 radical (unpaired) electrons. The molecule has 0 spiro atoms. The van der Waals surface area contributed by atoms with Crippen LogP contribution in [0.1, 0.15) is 80.2 Å². The summed E-state index contributed by atoms with van der Waals surface area (Å²) in [5, 5.41) is 9.85. The van der Waals surface area contributed by atoms with E-state index in [1.54, 1.807) is 13.0 Å². The van der Waals surface area contributed by atoms with E-state index in [0.29, 0.717) is 5.56 Å². The van der Waals surface area contributed by atoms with Gasteiger partial charge in [-0.25, -0.2) is 4.79 Å². The predicted molar refractivity (Wildman–Crippen MR) is 136 cm³/mol. The van der Waals surface area contributed by atoms with Crippen molar-refractivity contribution in [1.82, 2.24) is 0 Å². The molecule has 0 aliphatic carbocycles. The van der Waals surface area contributed by atoms with Gasteiger partial charge in [0.15, 0.2) is 11.5 Å². The Morgan fingerprint density at radius 1 is 0.919 bits per heavy atom. The van der Waals surface area contributed by atoms with Crippen molar-refractivity contribution in [3.05, 3.63) is 23.8 Å². The van der Waals surface area contributed by atoms with Crippen LogP contribution >= 0.6 is 0 Å². The fraction of sp³-hybridized carbons (Fsp3) is 0.630. The van der Waals surface area contributed by atoms with Crippen LogP contribution < -0.4 is 15.2 Å². The van der Waals surface area contributed by atoms with Gasteiger partial charge < -0.3 is 29.8 Å². The van der Waals surface area contributed by atoms with Gasteiger partial charge >= 0.3 is 24.1 Å². The quantitative estimate of drug-likeness (QED) is 0.310. The first kappa shape index (κ1) is 31.9. The van der Waals surface area contributed by atoms with Crippen LogP contribution in [0.3, 0.4) is 0 Å². The number of carbonyl (C=O) groups excluding carboxylic acids is 3. The van der Waals surface area contributed by atoms with Gasteiger partial charge in [-0.1, -0.05) is 47.6 Å². The summed E-state index contributed by atoms with van der Waals surface area (Å²) in [7, 11) is 0. The highest BCUT2D eigenvalue weighted by molar-refractivity contribution is 5.80. The minimum atomic E-state index is -1.82. The first-order valence-corrected chi connectivity index (χ1v) is 12.2. The molecule has 1 aromatic carbocycles. The third-order valence-electron chi connectivity index (χ3n) is 4.96. The van der Waals surface area contributed by atoms with Crippen molar-refractivity contribution in [2.75, 3.05) is 6.61 Å². The van der Waals surface area contributed by atoms with E-state index < -0.39 is 35.7 Å².